The summed E-state index contributed by atoms with van der Waals surface area (Å²) in [6.45, 7) is 5.01. The highest BCUT2D eigenvalue weighted by atomic mass is 32.1. The van der Waals surface area contributed by atoms with E-state index in [1.54, 1.807) is 19.2 Å². The van der Waals surface area contributed by atoms with Crippen LogP contribution < -0.4 is 10.1 Å². The van der Waals surface area contributed by atoms with Crippen LogP contribution in [-0.2, 0) is 17.8 Å². The Kier molecular flexibility index (Phi) is 8.27. The minimum Gasteiger partial charge on any atom is -0.405 e. The highest BCUT2D eigenvalue weighted by Crippen LogP contribution is 2.27. The second-order valence-corrected chi connectivity index (χ2v) is 7.13. The van der Waals surface area contributed by atoms with Crippen molar-refractivity contribution in [3.63, 3.8) is 0 Å². The molecule has 1 aromatic carbocycles. The molecule has 0 saturated heterocycles. The Hall–Kier alpha value is -2.33. The monoisotopic (exact) mass is 430 g/mol. The van der Waals surface area contributed by atoms with Gasteiger partial charge in [0.15, 0.2) is 5.96 Å². The predicted octanol–water partition coefficient (Wildman–Crippen LogP) is 4.35. The summed E-state index contributed by atoms with van der Waals surface area (Å²) < 4.78 is 47.2. The maximum atomic E-state index is 12.6. The fraction of sp³-hybridized carbons (Fsp3) is 0.474. The van der Waals surface area contributed by atoms with Crippen molar-refractivity contribution in [2.75, 3.05) is 20.7 Å². The Bertz CT molecular complexity index is 811. The van der Waals surface area contributed by atoms with Crippen LogP contribution in [0.4, 0.5) is 13.2 Å². The summed E-state index contributed by atoms with van der Waals surface area (Å²) in [5.41, 5.74) is 1.21. The second-order valence-electron chi connectivity index (χ2n) is 6.24. The molecule has 6 nitrogen and oxygen atoms in total. The van der Waals surface area contributed by atoms with Gasteiger partial charge in [-0.15, -0.1) is 24.5 Å². The number of nitrogens with one attached hydrogen (secondary N) is 1. The number of benzene rings is 1. The SMILES string of the molecule is CCNC(=NCc1ccccc1OC(F)(F)F)N(C)Cc1csc(C(C)OC)n1. The maximum Gasteiger partial charge on any atom is 0.573 e. The zero-order valence-electron chi connectivity index (χ0n) is 16.8. The van der Waals surface area contributed by atoms with E-state index < -0.39 is 6.36 Å². The molecular weight excluding hydrogens is 405 g/mol. The van der Waals surface area contributed by atoms with Gasteiger partial charge in [0.05, 0.1) is 18.8 Å². The predicted molar refractivity (Wildman–Crippen MR) is 107 cm³/mol. The normalized spacial score (nSPS) is 13.3. The average molecular weight is 430 g/mol. The van der Waals surface area contributed by atoms with E-state index in [4.69, 9.17) is 4.74 Å². The number of ether oxygens (including phenoxy) is 2. The van der Waals surface area contributed by atoms with Crippen LogP contribution in [0.3, 0.4) is 0 Å². The number of aromatic nitrogens is 1. The topological polar surface area (TPSA) is 59.0 Å². The van der Waals surface area contributed by atoms with Crippen molar-refractivity contribution in [2.45, 2.75) is 39.4 Å². The first kappa shape index (κ1) is 23.0. The zero-order chi connectivity index (χ0) is 21.4. The number of hydrogen-bond acceptors (Lipinski definition) is 5. The molecule has 0 radical (unpaired) electrons. The Balaban J connectivity index is 2.12. The molecule has 1 atom stereocenters. The number of thiazole rings is 1. The van der Waals surface area contributed by atoms with E-state index in [0.717, 1.165) is 10.7 Å². The molecule has 10 heteroatoms. The Labute approximate surface area is 172 Å². The maximum absolute atomic E-state index is 12.6. The van der Waals surface area contributed by atoms with E-state index in [9.17, 15) is 13.2 Å². The van der Waals surface area contributed by atoms with Gasteiger partial charge in [-0.2, -0.15) is 0 Å². The summed E-state index contributed by atoms with van der Waals surface area (Å²) in [6, 6.07) is 5.99. The lowest BCUT2D eigenvalue weighted by molar-refractivity contribution is -0.274. The molecule has 0 fully saturated rings. The molecule has 0 bridgehead atoms. The van der Waals surface area contributed by atoms with E-state index in [0.29, 0.717) is 24.6 Å². The van der Waals surface area contributed by atoms with Crippen LogP contribution in [0.2, 0.25) is 0 Å². The summed E-state index contributed by atoms with van der Waals surface area (Å²) in [4.78, 5) is 10.9. The second kappa shape index (κ2) is 10.4. The third-order valence-corrected chi connectivity index (χ3v) is 5.02. The number of alkyl halides is 3. The Morgan fingerprint density at radius 1 is 1.34 bits per heavy atom. The number of nitrogens with zero attached hydrogens (tertiary/aromatic N) is 3. The minimum absolute atomic E-state index is 0.0436. The molecule has 2 rings (SSSR count). The summed E-state index contributed by atoms with van der Waals surface area (Å²) >= 11 is 1.52. The standard InChI is InChI=1S/C19H25F3N4O2S/c1-5-23-18(26(3)11-15-12-29-17(25-15)13(2)27-4)24-10-14-8-6-7-9-16(14)28-19(20,21)22/h6-9,12-13H,5,10-11H2,1-4H3,(H,23,24). The molecule has 1 N–H and O–H groups in total. The van der Waals surface area contributed by atoms with Crippen molar-refractivity contribution in [1.29, 1.82) is 0 Å². The third-order valence-electron chi connectivity index (χ3n) is 3.96. The molecule has 0 amide bonds. The van der Waals surface area contributed by atoms with Gasteiger partial charge >= 0.3 is 6.36 Å². The number of aliphatic imine (C=N–C) groups is 1. The van der Waals surface area contributed by atoms with Crippen LogP contribution in [0, 0.1) is 0 Å². The highest BCUT2D eigenvalue weighted by molar-refractivity contribution is 7.09. The first-order valence-corrected chi connectivity index (χ1v) is 9.91. The summed E-state index contributed by atoms with van der Waals surface area (Å²) in [7, 11) is 3.48. The number of para-hydroxylation sites is 1. The lowest BCUT2D eigenvalue weighted by Crippen LogP contribution is -2.38. The van der Waals surface area contributed by atoms with Gasteiger partial charge in [0.25, 0.3) is 0 Å². The Morgan fingerprint density at radius 2 is 2.07 bits per heavy atom. The van der Waals surface area contributed by atoms with Crippen LogP contribution in [0.25, 0.3) is 0 Å². The molecule has 1 heterocycles. The summed E-state index contributed by atoms with van der Waals surface area (Å²) in [6.07, 6.45) is -4.82. The summed E-state index contributed by atoms with van der Waals surface area (Å²) in [5.74, 6) is 0.309. The van der Waals surface area contributed by atoms with E-state index in [1.807, 2.05) is 31.2 Å². The smallest absolute Gasteiger partial charge is 0.405 e. The van der Waals surface area contributed by atoms with E-state index >= 15 is 0 Å². The van der Waals surface area contributed by atoms with Gasteiger partial charge in [0.2, 0.25) is 0 Å². The van der Waals surface area contributed by atoms with E-state index in [2.05, 4.69) is 20.0 Å². The van der Waals surface area contributed by atoms with Crippen LogP contribution >= 0.6 is 11.3 Å². The third kappa shape index (κ3) is 7.21. The molecule has 1 unspecified atom stereocenters. The lowest BCUT2D eigenvalue weighted by Gasteiger charge is -2.21. The average Bonchev–Trinajstić information content (AvgIpc) is 3.12. The molecule has 29 heavy (non-hydrogen) atoms. The number of methoxy groups -OCH3 is 1. The van der Waals surface area contributed by atoms with Gasteiger partial charge in [-0.05, 0) is 19.9 Å². The fourth-order valence-electron chi connectivity index (χ4n) is 2.49. The number of guanidine groups is 1. The van der Waals surface area contributed by atoms with Crippen molar-refractivity contribution in [3.05, 3.63) is 45.9 Å². The Morgan fingerprint density at radius 3 is 2.72 bits per heavy atom. The van der Waals surface area contributed by atoms with Gasteiger partial charge in [-0.3, -0.25) is 0 Å². The van der Waals surface area contributed by atoms with Gasteiger partial charge < -0.3 is 19.7 Å². The van der Waals surface area contributed by atoms with Gasteiger partial charge in [-0.25, -0.2) is 9.98 Å². The van der Waals surface area contributed by atoms with Crippen LogP contribution in [0.1, 0.15) is 36.2 Å². The first-order valence-electron chi connectivity index (χ1n) is 9.03. The van der Waals surface area contributed by atoms with Crippen molar-refractivity contribution in [1.82, 2.24) is 15.2 Å². The molecule has 2 aromatic rings. The van der Waals surface area contributed by atoms with E-state index in [1.165, 1.54) is 23.5 Å². The van der Waals surface area contributed by atoms with Gasteiger partial charge in [0.1, 0.15) is 16.9 Å². The van der Waals surface area contributed by atoms with Gasteiger partial charge in [-0.1, -0.05) is 18.2 Å². The van der Waals surface area contributed by atoms with E-state index in [-0.39, 0.29) is 18.4 Å². The van der Waals surface area contributed by atoms with Gasteiger partial charge in [0, 0.05) is 31.6 Å². The molecular formula is C19H25F3N4O2S. The van der Waals surface area contributed by atoms with Crippen LogP contribution in [0.15, 0.2) is 34.6 Å². The van der Waals surface area contributed by atoms with Crippen molar-refractivity contribution >= 4 is 17.3 Å². The van der Waals surface area contributed by atoms with Crippen LogP contribution in [-0.4, -0.2) is 42.9 Å². The molecule has 0 aliphatic carbocycles. The highest BCUT2D eigenvalue weighted by Gasteiger charge is 2.31. The summed E-state index contributed by atoms with van der Waals surface area (Å²) in [5, 5.41) is 5.99. The zero-order valence-corrected chi connectivity index (χ0v) is 17.6. The number of hydrogen-bond donors (Lipinski definition) is 1. The minimum atomic E-state index is -4.75. The lowest BCUT2D eigenvalue weighted by atomic mass is 10.2. The molecule has 0 aliphatic rings. The number of rotatable bonds is 8. The molecule has 0 aliphatic heterocycles. The number of halogens is 3. The van der Waals surface area contributed by atoms with Crippen molar-refractivity contribution in [3.8, 4) is 5.75 Å². The quantitative estimate of drug-likeness (QED) is 0.499. The molecule has 160 valence electrons. The molecule has 0 spiro atoms. The van der Waals surface area contributed by atoms with Crippen molar-refractivity contribution < 1.29 is 22.6 Å². The van der Waals surface area contributed by atoms with Crippen molar-refractivity contribution in [2.24, 2.45) is 4.99 Å². The fourth-order valence-corrected chi connectivity index (χ4v) is 3.33. The van der Waals surface area contributed by atoms with Crippen LogP contribution in [0.5, 0.6) is 5.75 Å². The first-order chi connectivity index (χ1) is 13.7. The molecule has 1 aromatic heterocycles. The largest absolute Gasteiger partial charge is 0.573 e. The molecule has 0 saturated carbocycles.